The van der Waals surface area contributed by atoms with Crippen LogP contribution in [0.1, 0.15) is 16.7 Å². The molecule has 1 aromatic heterocycles. The molecule has 3 rings (SSSR count). The second-order valence-corrected chi connectivity index (χ2v) is 23.3. The van der Waals surface area contributed by atoms with Gasteiger partial charge in [0, 0.05) is 0 Å². The summed E-state index contributed by atoms with van der Waals surface area (Å²) in [6.07, 6.45) is 1.87. The van der Waals surface area contributed by atoms with Gasteiger partial charge in [-0.25, -0.2) is 0 Å². The second-order valence-electron chi connectivity index (χ2n) is 5.86. The third kappa shape index (κ3) is 2.98. The third-order valence-corrected chi connectivity index (χ3v) is 12.1. The monoisotopic (exact) mass is 388 g/mol. The van der Waals surface area contributed by atoms with E-state index in [0.29, 0.717) is 4.73 Å². The number of hydrogen-bond acceptors (Lipinski definition) is 0. The Morgan fingerprint density at radius 1 is 0.955 bits per heavy atom. The first-order valence-corrected chi connectivity index (χ1v) is 15.5. The van der Waals surface area contributed by atoms with Gasteiger partial charge in [0.2, 0.25) is 0 Å². The molecule has 0 unspecified atom stereocenters. The SMILES string of the molecule is Cc1cccc([CH2][Ti]([Cl])([Cl])([Cl])[c]2c[nH]c3ccccc23)c1C. The van der Waals surface area contributed by atoms with Gasteiger partial charge in [-0.1, -0.05) is 0 Å². The van der Waals surface area contributed by atoms with Crippen molar-refractivity contribution >= 4 is 42.7 Å². The van der Waals surface area contributed by atoms with Crippen molar-refractivity contribution in [1.29, 1.82) is 0 Å². The predicted molar refractivity (Wildman–Crippen MR) is 95.1 cm³/mol. The molecule has 3 aromatic rings. The van der Waals surface area contributed by atoms with Crippen LogP contribution in [0.4, 0.5) is 0 Å². The van der Waals surface area contributed by atoms with Crippen LogP contribution in [0.25, 0.3) is 10.9 Å². The molecule has 22 heavy (non-hydrogen) atoms. The molecule has 0 saturated heterocycles. The number of halogens is 3. The predicted octanol–water partition coefficient (Wildman–Crippen LogP) is 5.76. The summed E-state index contributed by atoms with van der Waals surface area (Å²) in [5, 5.41) is 1.02. The van der Waals surface area contributed by atoms with E-state index in [0.717, 1.165) is 20.3 Å². The standard InChI is InChI=1S/C9H11.C8H6N.3ClH.Ti/c1-7-5-4-6-8(2)9(7)3;1-2-4-8-7(3-1)5-6-9-8;;;;/h4-6H,1H2,2-3H3;1-4,6,9H;3*1H;/q;;;;;+3/p-3. The quantitative estimate of drug-likeness (QED) is 0.548. The van der Waals surface area contributed by atoms with Crippen LogP contribution in [0, 0.1) is 13.8 Å². The summed E-state index contributed by atoms with van der Waals surface area (Å²) in [4.78, 5) is 3.23. The molecule has 0 radical (unpaired) electrons. The Morgan fingerprint density at radius 3 is 2.45 bits per heavy atom. The third-order valence-electron chi connectivity index (χ3n) is 4.28. The Morgan fingerprint density at radius 2 is 1.68 bits per heavy atom. The molecule has 0 aliphatic carbocycles. The number of aromatic nitrogens is 1. The molecular weight excluding hydrogens is 372 g/mol. The number of para-hydroxylation sites is 1. The Bertz CT molecular complexity index is 846. The Balaban J connectivity index is 2.12. The van der Waals surface area contributed by atoms with E-state index in [2.05, 4.69) is 31.0 Å². The normalized spacial score (nSPS) is 14.0. The minimum atomic E-state index is -4.36. The average Bonchev–Trinajstić information content (AvgIpc) is 2.88. The number of aromatic amines is 1. The van der Waals surface area contributed by atoms with Gasteiger partial charge in [0.05, 0.1) is 0 Å². The fourth-order valence-corrected chi connectivity index (χ4v) is 10.1. The zero-order valence-corrected chi connectivity index (χ0v) is 16.3. The van der Waals surface area contributed by atoms with Crippen molar-refractivity contribution in [1.82, 2.24) is 4.98 Å². The Labute approximate surface area is 143 Å². The first kappa shape index (κ1) is 16.4. The summed E-state index contributed by atoms with van der Waals surface area (Å²) >= 11 is -4.36. The maximum absolute atomic E-state index is 6.90. The van der Waals surface area contributed by atoms with E-state index >= 15 is 0 Å². The van der Waals surface area contributed by atoms with E-state index in [9.17, 15) is 0 Å². The summed E-state index contributed by atoms with van der Waals surface area (Å²) in [5.74, 6) is 0. The molecule has 0 amide bonds. The van der Waals surface area contributed by atoms with Crippen LogP contribution in [0.15, 0.2) is 48.7 Å². The van der Waals surface area contributed by atoms with Gasteiger partial charge in [0.15, 0.2) is 0 Å². The van der Waals surface area contributed by atoms with Crippen molar-refractivity contribution in [2.75, 3.05) is 0 Å². The molecule has 0 bridgehead atoms. The van der Waals surface area contributed by atoms with Gasteiger partial charge >= 0.3 is 144 Å². The van der Waals surface area contributed by atoms with Crippen molar-refractivity contribution in [3.8, 4) is 0 Å². The summed E-state index contributed by atoms with van der Waals surface area (Å²) in [7, 11) is 20.7. The van der Waals surface area contributed by atoms with Gasteiger partial charge in [-0.2, -0.15) is 0 Å². The first-order valence-electron chi connectivity index (χ1n) is 7.17. The van der Waals surface area contributed by atoms with Gasteiger partial charge < -0.3 is 0 Å². The molecule has 0 atom stereocenters. The summed E-state index contributed by atoms with van der Waals surface area (Å²) in [6, 6.07) is 14.1. The van der Waals surface area contributed by atoms with Crippen LogP contribution < -0.4 is 3.87 Å². The van der Waals surface area contributed by atoms with E-state index < -0.39 is 12.1 Å². The maximum atomic E-state index is 6.90. The molecule has 1 nitrogen and oxygen atoms in total. The molecular formula is C17H17Cl3NTi. The van der Waals surface area contributed by atoms with Crippen molar-refractivity contribution < 1.29 is 12.1 Å². The molecule has 0 fully saturated rings. The molecule has 2 aromatic carbocycles. The summed E-state index contributed by atoms with van der Waals surface area (Å²) < 4.78 is 1.38. The van der Waals surface area contributed by atoms with Gasteiger partial charge in [-0.05, 0) is 0 Å². The number of fused-ring (bicyclic) bond motifs is 1. The van der Waals surface area contributed by atoms with E-state index in [-0.39, 0.29) is 0 Å². The van der Waals surface area contributed by atoms with Crippen molar-refractivity contribution in [2.45, 2.75) is 18.6 Å². The second kappa shape index (κ2) is 5.58. The molecule has 1 N–H and O–H groups in total. The molecule has 0 aliphatic heterocycles. The summed E-state index contributed by atoms with van der Waals surface area (Å²) in [6.45, 7) is 4.18. The van der Waals surface area contributed by atoms with E-state index in [4.69, 9.17) is 27.9 Å². The minimum absolute atomic E-state index is 0.511. The number of aryl methyl sites for hydroxylation is 1. The van der Waals surface area contributed by atoms with E-state index in [1.807, 2.05) is 36.5 Å². The average molecular weight is 390 g/mol. The van der Waals surface area contributed by atoms with E-state index in [1.165, 1.54) is 11.1 Å². The zero-order chi connectivity index (χ0) is 16.0. The van der Waals surface area contributed by atoms with Crippen LogP contribution >= 0.6 is 27.9 Å². The van der Waals surface area contributed by atoms with Crippen LogP contribution in [-0.4, -0.2) is 4.98 Å². The summed E-state index contributed by atoms with van der Waals surface area (Å²) in [5.41, 5.74) is 4.57. The number of hydrogen-bond donors (Lipinski definition) is 1. The van der Waals surface area contributed by atoms with Crippen molar-refractivity contribution in [3.05, 3.63) is 65.4 Å². The van der Waals surface area contributed by atoms with Crippen LogP contribution in [0.5, 0.6) is 0 Å². The van der Waals surface area contributed by atoms with Gasteiger partial charge in [0.25, 0.3) is 0 Å². The number of nitrogens with one attached hydrogen (secondary N) is 1. The fourth-order valence-electron chi connectivity index (χ4n) is 2.86. The molecule has 1 heterocycles. The molecule has 0 aliphatic rings. The van der Waals surface area contributed by atoms with Crippen LogP contribution in [-0.2, 0) is 16.8 Å². The van der Waals surface area contributed by atoms with Crippen molar-refractivity contribution in [3.63, 3.8) is 0 Å². The Hall–Kier alpha value is -0.436. The van der Waals surface area contributed by atoms with Gasteiger partial charge in [0.1, 0.15) is 0 Å². The first-order chi connectivity index (χ1) is 10.3. The van der Waals surface area contributed by atoms with Crippen molar-refractivity contribution in [2.24, 2.45) is 0 Å². The van der Waals surface area contributed by atoms with Crippen LogP contribution in [0.2, 0.25) is 0 Å². The molecule has 115 valence electrons. The van der Waals surface area contributed by atoms with Gasteiger partial charge in [-0.3, -0.25) is 0 Å². The number of H-pyrrole nitrogens is 1. The number of rotatable bonds is 3. The fraction of sp³-hybridized carbons (Fsp3) is 0.176. The van der Waals surface area contributed by atoms with Crippen LogP contribution in [0.3, 0.4) is 0 Å². The van der Waals surface area contributed by atoms with E-state index in [1.54, 1.807) is 0 Å². The molecule has 5 heteroatoms. The topological polar surface area (TPSA) is 15.8 Å². The van der Waals surface area contributed by atoms with Gasteiger partial charge in [-0.15, -0.1) is 0 Å². The zero-order valence-electron chi connectivity index (χ0n) is 12.5. The molecule has 0 saturated carbocycles. The number of benzene rings is 2. The Kier molecular flexibility index (Phi) is 4.16. The molecule has 0 spiro atoms.